The third-order valence-corrected chi connectivity index (χ3v) is 5.88. The van der Waals surface area contributed by atoms with E-state index < -0.39 is 14.4 Å². The number of hydrogen-bond acceptors (Lipinski definition) is 2. The second-order valence-electron chi connectivity index (χ2n) is 4.68. The number of hydrogen-bond donors (Lipinski definition) is 1. The van der Waals surface area contributed by atoms with Crippen LogP contribution in [0.25, 0.3) is 0 Å². The standard InChI is InChI=1S/C13H12ClN2O2Si/c14-11-5-9(6-16-4-3-15-8-16)1-2-10(11)12-7-19(12)13(17)18/h1-5,8,12H,6-7H2,(H,17,18)/t12-/m1/s1. The zero-order valence-electron chi connectivity index (χ0n) is 10.1. The van der Waals surface area contributed by atoms with Crippen LogP contribution in [0.5, 0.6) is 0 Å². The van der Waals surface area contributed by atoms with Gasteiger partial charge in [0, 0.05) is 24.0 Å². The van der Waals surface area contributed by atoms with E-state index in [2.05, 4.69) is 4.98 Å². The molecular weight excluding hydrogens is 280 g/mol. The van der Waals surface area contributed by atoms with Crippen LogP contribution in [0, 0.1) is 0 Å². The number of halogens is 1. The zero-order chi connectivity index (χ0) is 13.4. The Balaban J connectivity index is 1.77. The molecule has 4 nitrogen and oxygen atoms in total. The van der Waals surface area contributed by atoms with E-state index >= 15 is 0 Å². The van der Waals surface area contributed by atoms with Crippen molar-refractivity contribution in [3.05, 3.63) is 53.1 Å². The van der Waals surface area contributed by atoms with E-state index in [0.29, 0.717) is 5.02 Å². The number of carboxylic acid groups (broad SMARTS) is 1. The summed E-state index contributed by atoms with van der Waals surface area (Å²) in [6, 6.07) is 6.71. The van der Waals surface area contributed by atoms with Gasteiger partial charge in [-0.05, 0) is 28.8 Å². The molecule has 2 aromatic rings. The van der Waals surface area contributed by atoms with Crippen molar-refractivity contribution in [3.8, 4) is 0 Å². The first-order valence-electron chi connectivity index (χ1n) is 5.98. The molecule has 6 heteroatoms. The molecule has 1 atom stereocenters. The Hall–Kier alpha value is -1.59. The monoisotopic (exact) mass is 291 g/mol. The maximum Gasteiger partial charge on any atom is 0.268 e. The lowest BCUT2D eigenvalue weighted by molar-refractivity contribution is 0.219. The molecule has 0 unspecified atom stereocenters. The summed E-state index contributed by atoms with van der Waals surface area (Å²) in [5.41, 5.74) is 1.63. The van der Waals surface area contributed by atoms with Gasteiger partial charge >= 0.3 is 0 Å². The highest BCUT2D eigenvalue weighted by molar-refractivity contribution is 6.97. The summed E-state index contributed by atoms with van der Waals surface area (Å²) in [4.78, 5) is 14.9. The fourth-order valence-electron chi connectivity index (χ4n) is 2.24. The Kier molecular flexibility index (Phi) is 3.16. The van der Waals surface area contributed by atoms with E-state index in [1.54, 1.807) is 12.5 Å². The predicted octanol–water partition coefficient (Wildman–Crippen LogP) is 2.98. The minimum Gasteiger partial charge on any atom is -0.486 e. The number of aromatic nitrogens is 2. The van der Waals surface area contributed by atoms with Crippen molar-refractivity contribution < 1.29 is 9.90 Å². The van der Waals surface area contributed by atoms with Crippen LogP contribution in [-0.2, 0) is 6.54 Å². The summed E-state index contributed by atoms with van der Waals surface area (Å²) in [6.07, 6.45) is 5.39. The third-order valence-electron chi connectivity index (χ3n) is 3.32. The van der Waals surface area contributed by atoms with Crippen LogP contribution in [0.15, 0.2) is 36.9 Å². The Morgan fingerprint density at radius 1 is 1.58 bits per heavy atom. The van der Waals surface area contributed by atoms with Crippen molar-refractivity contribution in [2.75, 3.05) is 0 Å². The number of imidazole rings is 1. The molecule has 1 saturated heterocycles. The fraction of sp³-hybridized carbons (Fsp3) is 0.231. The predicted molar refractivity (Wildman–Crippen MR) is 74.1 cm³/mol. The highest BCUT2D eigenvalue weighted by Gasteiger charge is 2.48. The Bertz CT molecular complexity index is 615. The van der Waals surface area contributed by atoms with Gasteiger partial charge in [0.2, 0.25) is 0 Å². The average Bonchev–Trinajstić information content (AvgIpc) is 3.00. The van der Waals surface area contributed by atoms with Gasteiger partial charge in [-0.3, -0.25) is 4.79 Å². The molecule has 1 aliphatic heterocycles. The van der Waals surface area contributed by atoms with Crippen LogP contribution < -0.4 is 0 Å². The molecule has 1 aromatic heterocycles. The van der Waals surface area contributed by atoms with Gasteiger partial charge in [-0.15, -0.1) is 0 Å². The van der Waals surface area contributed by atoms with Crippen molar-refractivity contribution in [1.29, 1.82) is 0 Å². The first kappa shape index (κ1) is 12.4. The molecule has 1 fully saturated rings. The molecule has 19 heavy (non-hydrogen) atoms. The second kappa shape index (κ2) is 4.83. The smallest absolute Gasteiger partial charge is 0.268 e. The molecule has 1 aliphatic rings. The lowest BCUT2D eigenvalue weighted by atomic mass is 10.1. The number of benzene rings is 1. The number of nitrogens with zero attached hydrogens (tertiary/aromatic N) is 2. The van der Waals surface area contributed by atoms with Crippen molar-refractivity contribution in [2.24, 2.45) is 0 Å². The zero-order valence-corrected chi connectivity index (χ0v) is 11.8. The van der Waals surface area contributed by atoms with Gasteiger partial charge in [0.15, 0.2) is 8.80 Å². The van der Waals surface area contributed by atoms with Crippen molar-refractivity contribution >= 4 is 26.0 Å². The third kappa shape index (κ3) is 2.57. The molecule has 0 amide bonds. The van der Waals surface area contributed by atoms with Gasteiger partial charge in [0.05, 0.1) is 6.33 Å². The largest absolute Gasteiger partial charge is 0.486 e. The van der Waals surface area contributed by atoms with Crippen LogP contribution in [0.1, 0.15) is 16.7 Å². The van der Waals surface area contributed by atoms with Crippen LogP contribution in [0.2, 0.25) is 11.1 Å². The van der Waals surface area contributed by atoms with Crippen LogP contribution in [0.4, 0.5) is 4.79 Å². The molecule has 3 rings (SSSR count). The highest BCUT2D eigenvalue weighted by Crippen LogP contribution is 2.43. The van der Waals surface area contributed by atoms with Gasteiger partial charge in [-0.1, -0.05) is 23.7 Å². The lowest BCUT2D eigenvalue weighted by Gasteiger charge is -2.07. The molecular formula is C13H12ClN2O2Si. The number of carbonyl (C=O) groups is 1. The van der Waals surface area contributed by atoms with Crippen molar-refractivity contribution in [3.63, 3.8) is 0 Å². The molecule has 97 valence electrons. The van der Waals surface area contributed by atoms with Gasteiger partial charge in [0.1, 0.15) is 0 Å². The van der Waals surface area contributed by atoms with Gasteiger partial charge in [-0.2, -0.15) is 0 Å². The van der Waals surface area contributed by atoms with Gasteiger partial charge < -0.3 is 9.67 Å². The van der Waals surface area contributed by atoms with Crippen LogP contribution in [-0.4, -0.2) is 29.0 Å². The molecule has 0 aliphatic carbocycles. The Morgan fingerprint density at radius 2 is 2.42 bits per heavy atom. The summed E-state index contributed by atoms with van der Waals surface area (Å²) in [7, 11) is -1.26. The quantitative estimate of drug-likeness (QED) is 0.881. The van der Waals surface area contributed by atoms with E-state index in [9.17, 15) is 4.79 Å². The first-order valence-corrected chi connectivity index (χ1v) is 8.14. The minimum atomic E-state index is -1.26. The fourth-order valence-corrected chi connectivity index (χ4v) is 4.61. The summed E-state index contributed by atoms with van der Waals surface area (Å²) < 4.78 is 1.97. The number of rotatable bonds is 4. The van der Waals surface area contributed by atoms with Crippen molar-refractivity contribution in [2.45, 2.75) is 18.1 Å². The summed E-state index contributed by atoms with van der Waals surface area (Å²) >= 11 is 6.27. The topological polar surface area (TPSA) is 55.1 Å². The lowest BCUT2D eigenvalue weighted by Crippen LogP contribution is -2.08. The van der Waals surface area contributed by atoms with E-state index in [0.717, 1.165) is 23.7 Å². The average molecular weight is 292 g/mol. The molecule has 1 radical (unpaired) electrons. The second-order valence-corrected chi connectivity index (χ2v) is 7.67. The Morgan fingerprint density at radius 3 is 3.00 bits per heavy atom. The highest BCUT2D eigenvalue weighted by atomic mass is 35.5. The van der Waals surface area contributed by atoms with Gasteiger partial charge in [0.25, 0.3) is 5.59 Å². The van der Waals surface area contributed by atoms with E-state index in [1.165, 1.54) is 0 Å². The molecule has 0 bridgehead atoms. The van der Waals surface area contributed by atoms with Gasteiger partial charge in [-0.25, -0.2) is 4.98 Å². The molecule has 1 aromatic carbocycles. The summed E-state index contributed by atoms with van der Waals surface area (Å²) in [6.45, 7) is 0.724. The minimum absolute atomic E-state index is 0.178. The summed E-state index contributed by atoms with van der Waals surface area (Å²) in [5, 5.41) is 9.68. The molecule has 0 spiro atoms. The first-order chi connectivity index (χ1) is 9.15. The molecule has 1 N–H and O–H groups in total. The maximum atomic E-state index is 10.9. The summed E-state index contributed by atoms with van der Waals surface area (Å²) in [5.74, 6) is 0. The Labute approximate surface area is 117 Å². The van der Waals surface area contributed by atoms with E-state index in [1.807, 2.05) is 29.0 Å². The van der Waals surface area contributed by atoms with Crippen molar-refractivity contribution in [1.82, 2.24) is 9.55 Å². The van der Waals surface area contributed by atoms with E-state index in [4.69, 9.17) is 16.7 Å². The molecule has 0 saturated carbocycles. The maximum absolute atomic E-state index is 10.9. The normalized spacial score (nSPS) is 18.5. The molecule has 2 heterocycles. The SMILES string of the molecule is O=C(O)[Si]1C[C@@H]1c1ccc(Cn2ccnc2)cc1Cl. The van der Waals surface area contributed by atoms with Crippen LogP contribution in [0.3, 0.4) is 0 Å². The van der Waals surface area contributed by atoms with E-state index in [-0.39, 0.29) is 5.54 Å². The van der Waals surface area contributed by atoms with Crippen LogP contribution >= 0.6 is 11.6 Å².